The van der Waals surface area contributed by atoms with Crippen molar-refractivity contribution < 1.29 is 19.4 Å². The van der Waals surface area contributed by atoms with Gasteiger partial charge in [-0.3, -0.25) is 14.9 Å². The highest BCUT2D eigenvalue weighted by atomic mass is 16.5. The summed E-state index contributed by atoms with van der Waals surface area (Å²) in [5, 5.41) is 19.2. The molecule has 4 rings (SSSR count). The molecule has 0 aromatic carbocycles. The van der Waals surface area contributed by atoms with Gasteiger partial charge in [0.15, 0.2) is 5.78 Å². The minimum atomic E-state index is -0.876. The number of hydrogen-bond acceptors (Lipinski definition) is 6. The summed E-state index contributed by atoms with van der Waals surface area (Å²) in [6, 6.07) is 0.147. The van der Waals surface area contributed by atoms with E-state index in [-0.39, 0.29) is 36.2 Å². The van der Waals surface area contributed by atoms with Crippen LogP contribution in [0.15, 0.2) is 0 Å². The van der Waals surface area contributed by atoms with Gasteiger partial charge in [-0.2, -0.15) is 0 Å². The van der Waals surface area contributed by atoms with E-state index in [0.717, 1.165) is 12.8 Å². The largest absolute Gasteiger partial charge is 0.481 e. The molecule has 3 saturated heterocycles. The van der Waals surface area contributed by atoms with Gasteiger partial charge in [-0.25, -0.2) is 0 Å². The molecule has 0 spiro atoms. The lowest BCUT2D eigenvalue weighted by molar-refractivity contribution is -0.178. The molecule has 3 aliphatic heterocycles. The molecule has 1 saturated carbocycles. The Bertz CT molecular complexity index is 524. The quantitative estimate of drug-likeness (QED) is 0.578. The summed E-state index contributed by atoms with van der Waals surface area (Å²) in [7, 11) is 1.73. The molecule has 1 aliphatic carbocycles. The Morgan fingerprint density at radius 3 is 2.67 bits per heavy atom. The average molecular weight is 337 g/mol. The molecular weight excluding hydrogens is 310 g/mol. The van der Waals surface area contributed by atoms with Gasteiger partial charge in [-0.05, 0) is 45.1 Å². The molecule has 24 heavy (non-hydrogen) atoms. The van der Waals surface area contributed by atoms with Gasteiger partial charge in [-0.15, -0.1) is 0 Å². The number of nitrogens with one attached hydrogen (secondary N) is 3. The van der Waals surface area contributed by atoms with E-state index in [4.69, 9.17) is 4.74 Å². The minimum absolute atomic E-state index is 0.0959. The molecule has 4 fully saturated rings. The number of piperidine rings is 2. The van der Waals surface area contributed by atoms with Crippen LogP contribution in [0.3, 0.4) is 0 Å². The molecule has 4 aliphatic rings. The van der Waals surface area contributed by atoms with E-state index in [1.54, 1.807) is 7.05 Å². The zero-order chi connectivity index (χ0) is 16.8. The van der Waals surface area contributed by atoms with Crippen LogP contribution >= 0.6 is 0 Å². The van der Waals surface area contributed by atoms with Crippen LogP contribution in [0, 0.1) is 17.8 Å². The third-order valence-electron chi connectivity index (χ3n) is 6.49. The first-order valence-corrected chi connectivity index (χ1v) is 9.20. The third kappa shape index (κ3) is 2.67. The van der Waals surface area contributed by atoms with Crippen LogP contribution < -0.4 is 16.0 Å². The Hall–Kier alpha value is -1.02. The highest BCUT2D eigenvalue weighted by molar-refractivity contribution is 5.89. The molecule has 0 aromatic rings. The average Bonchev–Trinajstić information content (AvgIpc) is 2.52. The number of carboxylic acid groups (broad SMARTS) is 1. The van der Waals surface area contributed by atoms with Crippen LogP contribution in [-0.2, 0) is 14.3 Å². The van der Waals surface area contributed by atoms with Crippen molar-refractivity contribution in [3.8, 4) is 0 Å². The smallest absolute Gasteiger partial charge is 0.309 e. The summed E-state index contributed by atoms with van der Waals surface area (Å²) >= 11 is 0. The predicted molar refractivity (Wildman–Crippen MR) is 86.2 cm³/mol. The molecule has 7 heteroatoms. The summed E-state index contributed by atoms with van der Waals surface area (Å²) < 4.78 is 6.18. The number of hydrogen-bond donors (Lipinski definition) is 4. The molecule has 134 valence electrons. The van der Waals surface area contributed by atoms with Crippen LogP contribution in [0.5, 0.6) is 0 Å². The number of ketones is 1. The Morgan fingerprint density at radius 2 is 2.04 bits per heavy atom. The normalized spacial score (nSPS) is 45.9. The first kappa shape index (κ1) is 16.4. The number of aliphatic carboxylic acids is 1. The minimum Gasteiger partial charge on any atom is -0.481 e. The first-order chi connectivity index (χ1) is 11.6. The van der Waals surface area contributed by atoms with Crippen LogP contribution in [-0.4, -0.2) is 54.5 Å². The number of ether oxygens (including phenoxy) is 1. The number of Topliss-reactive ketones (excluding diaryl/α,β-unsaturated/α-hetero) is 1. The zero-order valence-corrected chi connectivity index (χ0v) is 14.0. The van der Waals surface area contributed by atoms with E-state index in [1.165, 1.54) is 19.3 Å². The lowest BCUT2D eigenvalue weighted by atomic mass is 9.72. The fourth-order valence-corrected chi connectivity index (χ4v) is 4.85. The summed E-state index contributed by atoms with van der Waals surface area (Å²) in [6.45, 7) is 0. The molecule has 7 unspecified atom stereocenters. The van der Waals surface area contributed by atoms with E-state index in [9.17, 15) is 14.7 Å². The molecule has 7 nitrogen and oxygen atoms in total. The van der Waals surface area contributed by atoms with E-state index in [0.29, 0.717) is 18.4 Å². The molecular formula is C17H27N3O4. The highest BCUT2D eigenvalue weighted by Crippen LogP contribution is 2.39. The Morgan fingerprint density at radius 1 is 1.25 bits per heavy atom. The van der Waals surface area contributed by atoms with E-state index in [2.05, 4.69) is 16.0 Å². The molecule has 3 heterocycles. The van der Waals surface area contributed by atoms with Crippen molar-refractivity contribution in [1.82, 2.24) is 16.0 Å². The van der Waals surface area contributed by atoms with Crippen molar-refractivity contribution in [2.75, 3.05) is 7.05 Å². The fourth-order valence-electron chi connectivity index (χ4n) is 4.85. The van der Waals surface area contributed by atoms with E-state index in [1.807, 2.05) is 0 Å². The van der Waals surface area contributed by atoms with Crippen molar-refractivity contribution in [3.05, 3.63) is 0 Å². The topological polar surface area (TPSA) is 99.7 Å². The second-order valence-electron chi connectivity index (χ2n) is 7.74. The van der Waals surface area contributed by atoms with Crippen molar-refractivity contribution in [1.29, 1.82) is 0 Å². The van der Waals surface area contributed by atoms with E-state index < -0.39 is 11.9 Å². The zero-order valence-electron chi connectivity index (χ0n) is 14.0. The number of carbonyl (C=O) groups is 2. The summed E-state index contributed by atoms with van der Waals surface area (Å²) in [5.74, 6) is -1.05. The molecule has 0 radical (unpaired) electrons. The maximum Gasteiger partial charge on any atom is 0.309 e. The Balaban J connectivity index is 1.49. The van der Waals surface area contributed by atoms with Crippen LogP contribution in [0.2, 0.25) is 0 Å². The van der Waals surface area contributed by atoms with Gasteiger partial charge < -0.3 is 20.5 Å². The maximum atomic E-state index is 13.0. The van der Waals surface area contributed by atoms with Crippen LogP contribution in [0.25, 0.3) is 0 Å². The second-order valence-corrected chi connectivity index (χ2v) is 7.74. The predicted octanol–water partition coefficient (Wildman–Crippen LogP) is 0.0569. The third-order valence-corrected chi connectivity index (χ3v) is 6.49. The number of rotatable bonds is 3. The van der Waals surface area contributed by atoms with Crippen LogP contribution in [0.1, 0.15) is 38.5 Å². The molecule has 0 amide bonds. The maximum absolute atomic E-state index is 13.0. The standard InChI is InChI=1S/C17H27N3O4/c1-18-15-10(17(22)23)7-9-14(21)13-12(24-16(9)20-15)6-5-11(19-13)8-3-2-4-8/h8-13,15-16,18-20H,2-7H2,1H3,(H,22,23). The van der Waals surface area contributed by atoms with Gasteiger partial charge in [0.1, 0.15) is 6.23 Å². The summed E-state index contributed by atoms with van der Waals surface area (Å²) in [6.07, 6.45) is 5.25. The lowest BCUT2D eigenvalue weighted by Crippen LogP contribution is -2.70. The summed E-state index contributed by atoms with van der Waals surface area (Å²) in [5.41, 5.74) is 0. The van der Waals surface area contributed by atoms with Gasteiger partial charge in [0.25, 0.3) is 0 Å². The Kier molecular flexibility index (Phi) is 4.36. The van der Waals surface area contributed by atoms with Gasteiger partial charge in [0, 0.05) is 6.04 Å². The number of fused-ring (bicyclic) bond motifs is 2. The molecule has 4 N–H and O–H groups in total. The van der Waals surface area contributed by atoms with Crippen molar-refractivity contribution in [2.45, 2.75) is 69.1 Å². The fraction of sp³-hybridized carbons (Fsp3) is 0.882. The van der Waals surface area contributed by atoms with E-state index >= 15 is 0 Å². The molecule has 0 aromatic heterocycles. The van der Waals surface area contributed by atoms with Crippen molar-refractivity contribution in [2.24, 2.45) is 17.8 Å². The first-order valence-electron chi connectivity index (χ1n) is 9.20. The molecule has 0 bridgehead atoms. The van der Waals surface area contributed by atoms with Crippen molar-refractivity contribution >= 4 is 11.8 Å². The lowest BCUT2D eigenvalue weighted by Gasteiger charge is -2.51. The second kappa shape index (κ2) is 6.37. The molecule has 7 atom stereocenters. The number of carboxylic acids is 1. The Labute approximate surface area is 141 Å². The van der Waals surface area contributed by atoms with Gasteiger partial charge in [0.2, 0.25) is 0 Å². The number of carbonyl (C=O) groups excluding carboxylic acids is 1. The van der Waals surface area contributed by atoms with Crippen LogP contribution in [0.4, 0.5) is 0 Å². The van der Waals surface area contributed by atoms with Crippen molar-refractivity contribution in [3.63, 3.8) is 0 Å². The van der Waals surface area contributed by atoms with Gasteiger partial charge in [-0.1, -0.05) is 6.42 Å². The van der Waals surface area contributed by atoms with Gasteiger partial charge >= 0.3 is 5.97 Å². The highest BCUT2D eigenvalue weighted by Gasteiger charge is 2.52. The van der Waals surface area contributed by atoms with Gasteiger partial charge in [0.05, 0.1) is 30.1 Å². The summed E-state index contributed by atoms with van der Waals surface area (Å²) in [4.78, 5) is 24.6. The monoisotopic (exact) mass is 337 g/mol. The SMILES string of the molecule is CNC1NC2OC3CCC(C4CCC4)NC3C(=O)C2CC1C(=O)O.